The minimum absolute atomic E-state index is 0.184. The van der Waals surface area contributed by atoms with Crippen LogP contribution in [0.15, 0.2) is 24.3 Å². The van der Waals surface area contributed by atoms with Crippen molar-refractivity contribution in [3.05, 3.63) is 35.7 Å². The molecule has 1 aromatic heterocycles. The number of anilines is 2. The van der Waals surface area contributed by atoms with Crippen LogP contribution in [-0.4, -0.2) is 39.6 Å². The lowest BCUT2D eigenvalue weighted by Gasteiger charge is -2.31. The van der Waals surface area contributed by atoms with Crippen molar-refractivity contribution in [1.82, 2.24) is 9.36 Å². The molecule has 1 aliphatic rings. The zero-order valence-corrected chi connectivity index (χ0v) is 13.1. The maximum atomic E-state index is 12.1. The maximum Gasteiger partial charge on any atom is 0.257 e. The summed E-state index contributed by atoms with van der Waals surface area (Å²) in [5.74, 6) is 0.472. The number of amides is 1. The summed E-state index contributed by atoms with van der Waals surface area (Å²) >= 11 is 1.17. The van der Waals surface area contributed by atoms with E-state index in [1.54, 1.807) is 6.92 Å². The molecule has 0 saturated carbocycles. The third kappa shape index (κ3) is 3.42. The third-order valence-corrected chi connectivity index (χ3v) is 4.43. The molecule has 1 aliphatic heterocycles. The van der Waals surface area contributed by atoms with Gasteiger partial charge in [-0.25, -0.2) is 4.98 Å². The Hall–Kier alpha value is -1.99. The van der Waals surface area contributed by atoms with Crippen molar-refractivity contribution in [3.8, 4) is 0 Å². The van der Waals surface area contributed by atoms with E-state index in [-0.39, 0.29) is 12.0 Å². The van der Waals surface area contributed by atoms with E-state index < -0.39 is 0 Å². The van der Waals surface area contributed by atoms with E-state index >= 15 is 0 Å². The lowest BCUT2D eigenvalue weighted by atomic mass is 10.1. The monoisotopic (exact) mass is 318 g/mol. The molecule has 1 fully saturated rings. The molecule has 0 unspecified atom stereocenters. The van der Waals surface area contributed by atoms with Gasteiger partial charge in [0.25, 0.3) is 5.91 Å². The second kappa shape index (κ2) is 6.41. The van der Waals surface area contributed by atoms with E-state index in [9.17, 15) is 9.90 Å². The molecule has 2 heterocycles. The van der Waals surface area contributed by atoms with E-state index in [4.69, 9.17) is 0 Å². The average Bonchev–Trinajstić information content (AvgIpc) is 2.93. The van der Waals surface area contributed by atoms with Gasteiger partial charge < -0.3 is 10.0 Å². The van der Waals surface area contributed by atoms with Gasteiger partial charge in [-0.1, -0.05) is 0 Å². The summed E-state index contributed by atoms with van der Waals surface area (Å²) in [5.41, 5.74) is 1.67. The molecule has 3 rings (SSSR count). The van der Waals surface area contributed by atoms with Crippen LogP contribution < -0.4 is 10.2 Å². The summed E-state index contributed by atoms with van der Waals surface area (Å²) in [6.45, 7) is 3.48. The number of rotatable bonds is 3. The molecule has 7 heteroatoms. The zero-order valence-electron chi connectivity index (χ0n) is 12.3. The van der Waals surface area contributed by atoms with Crippen molar-refractivity contribution < 1.29 is 9.90 Å². The summed E-state index contributed by atoms with van der Waals surface area (Å²) in [4.78, 5) is 18.5. The minimum Gasteiger partial charge on any atom is -0.393 e. The van der Waals surface area contributed by atoms with Crippen molar-refractivity contribution in [2.45, 2.75) is 25.9 Å². The number of nitrogens with zero attached hydrogens (tertiary/aromatic N) is 3. The number of carbonyl (C=O) groups is 1. The quantitative estimate of drug-likeness (QED) is 0.906. The van der Waals surface area contributed by atoms with Gasteiger partial charge in [0.05, 0.1) is 6.10 Å². The minimum atomic E-state index is -0.184. The second-order valence-electron chi connectivity index (χ2n) is 5.37. The first-order chi connectivity index (χ1) is 10.6. The largest absolute Gasteiger partial charge is 0.393 e. The molecule has 1 aromatic carbocycles. The fourth-order valence-electron chi connectivity index (χ4n) is 2.46. The number of aliphatic hydroxyl groups excluding tert-OH is 1. The van der Waals surface area contributed by atoms with Gasteiger partial charge in [-0.3, -0.25) is 10.1 Å². The first-order valence-electron chi connectivity index (χ1n) is 7.26. The van der Waals surface area contributed by atoms with E-state index in [0.29, 0.717) is 16.5 Å². The predicted molar refractivity (Wildman–Crippen MR) is 86.5 cm³/mol. The Morgan fingerprint density at radius 2 is 2.00 bits per heavy atom. The highest BCUT2D eigenvalue weighted by molar-refractivity contribution is 7.09. The van der Waals surface area contributed by atoms with Crippen molar-refractivity contribution in [2.24, 2.45) is 0 Å². The van der Waals surface area contributed by atoms with Crippen LogP contribution >= 0.6 is 11.5 Å². The number of aromatic nitrogens is 2. The highest BCUT2D eigenvalue weighted by Gasteiger charge is 2.17. The van der Waals surface area contributed by atoms with Crippen molar-refractivity contribution in [1.29, 1.82) is 0 Å². The lowest BCUT2D eigenvalue weighted by Crippen LogP contribution is -2.35. The van der Waals surface area contributed by atoms with Crippen LogP contribution in [0.2, 0.25) is 0 Å². The van der Waals surface area contributed by atoms with Crippen molar-refractivity contribution in [3.63, 3.8) is 0 Å². The number of aliphatic hydroxyl groups is 1. The maximum absolute atomic E-state index is 12.1. The average molecular weight is 318 g/mol. The Kier molecular flexibility index (Phi) is 4.35. The molecule has 1 amide bonds. The number of nitrogens with one attached hydrogen (secondary N) is 1. The Labute approximate surface area is 133 Å². The van der Waals surface area contributed by atoms with Crippen LogP contribution in [-0.2, 0) is 0 Å². The molecule has 0 aliphatic carbocycles. The van der Waals surface area contributed by atoms with Crippen LogP contribution in [0.4, 0.5) is 10.8 Å². The Morgan fingerprint density at radius 3 is 2.59 bits per heavy atom. The van der Waals surface area contributed by atoms with Crippen LogP contribution in [0.25, 0.3) is 0 Å². The van der Waals surface area contributed by atoms with Gasteiger partial charge >= 0.3 is 0 Å². The molecule has 0 atom stereocenters. The van der Waals surface area contributed by atoms with Gasteiger partial charge in [0.1, 0.15) is 5.82 Å². The standard InChI is InChI=1S/C15H18N4O2S/c1-10-16-15(22-18-10)17-14(21)11-2-4-12(5-3-11)19-8-6-13(20)7-9-19/h2-5,13,20H,6-9H2,1H3,(H,16,17,18,21). The van der Waals surface area contributed by atoms with Gasteiger partial charge in [-0.15, -0.1) is 0 Å². The smallest absolute Gasteiger partial charge is 0.257 e. The highest BCUT2D eigenvalue weighted by atomic mass is 32.1. The normalized spacial score (nSPS) is 15.8. The number of piperidine rings is 1. The first kappa shape index (κ1) is 14.9. The van der Waals surface area contributed by atoms with Crippen LogP contribution in [0.3, 0.4) is 0 Å². The number of hydrogen-bond acceptors (Lipinski definition) is 6. The summed E-state index contributed by atoms with van der Waals surface area (Å²) in [6, 6.07) is 7.50. The van der Waals surface area contributed by atoms with E-state index in [1.165, 1.54) is 11.5 Å². The van der Waals surface area contributed by atoms with Gasteiger partial charge in [0, 0.05) is 35.9 Å². The zero-order chi connectivity index (χ0) is 15.5. The summed E-state index contributed by atoms with van der Waals surface area (Å²) < 4.78 is 4.03. The molecule has 2 N–H and O–H groups in total. The van der Waals surface area contributed by atoms with Crippen LogP contribution in [0.1, 0.15) is 29.0 Å². The van der Waals surface area contributed by atoms with Crippen molar-refractivity contribution in [2.75, 3.05) is 23.3 Å². The van der Waals surface area contributed by atoms with E-state index in [1.807, 2.05) is 24.3 Å². The van der Waals surface area contributed by atoms with E-state index in [2.05, 4.69) is 19.6 Å². The second-order valence-corrected chi connectivity index (χ2v) is 6.12. The van der Waals surface area contributed by atoms with Gasteiger partial charge in [0.15, 0.2) is 0 Å². The summed E-state index contributed by atoms with van der Waals surface area (Å²) in [5, 5.41) is 12.8. The Balaban J connectivity index is 1.64. The molecule has 22 heavy (non-hydrogen) atoms. The topological polar surface area (TPSA) is 78.4 Å². The van der Waals surface area contributed by atoms with Crippen molar-refractivity contribution >= 4 is 28.3 Å². The summed E-state index contributed by atoms with van der Waals surface area (Å²) in [7, 11) is 0. The molecule has 2 aromatic rings. The fourth-order valence-corrected chi connectivity index (χ4v) is 3.04. The lowest BCUT2D eigenvalue weighted by molar-refractivity contribution is 0.102. The van der Waals surface area contributed by atoms with Gasteiger partial charge in [0.2, 0.25) is 5.13 Å². The van der Waals surface area contributed by atoms with Crippen LogP contribution in [0.5, 0.6) is 0 Å². The van der Waals surface area contributed by atoms with Gasteiger partial charge in [-0.2, -0.15) is 4.37 Å². The third-order valence-electron chi connectivity index (χ3n) is 3.71. The highest BCUT2D eigenvalue weighted by Crippen LogP contribution is 2.21. The number of aryl methyl sites for hydroxylation is 1. The predicted octanol–water partition coefficient (Wildman–Crippen LogP) is 2.06. The van der Waals surface area contributed by atoms with Crippen LogP contribution in [0, 0.1) is 6.92 Å². The SMILES string of the molecule is Cc1nsc(NC(=O)c2ccc(N3CCC(O)CC3)cc2)n1. The first-order valence-corrected chi connectivity index (χ1v) is 8.04. The number of benzene rings is 1. The fraction of sp³-hybridized carbons (Fsp3) is 0.400. The Bertz CT molecular complexity index is 648. The summed E-state index contributed by atoms with van der Waals surface area (Å²) in [6.07, 6.45) is 1.40. The van der Waals surface area contributed by atoms with E-state index in [0.717, 1.165) is 31.6 Å². The molecular formula is C15H18N4O2S. The number of carbonyl (C=O) groups excluding carboxylic acids is 1. The molecule has 0 spiro atoms. The molecule has 0 radical (unpaired) electrons. The number of hydrogen-bond donors (Lipinski definition) is 2. The van der Waals surface area contributed by atoms with Gasteiger partial charge in [-0.05, 0) is 44.0 Å². The molecule has 1 saturated heterocycles. The molecular weight excluding hydrogens is 300 g/mol. The molecule has 0 bridgehead atoms. The molecule has 116 valence electrons. The Morgan fingerprint density at radius 1 is 1.32 bits per heavy atom. The molecule has 6 nitrogen and oxygen atoms in total.